The summed E-state index contributed by atoms with van der Waals surface area (Å²) in [6, 6.07) is 8.13. The van der Waals surface area contributed by atoms with Crippen molar-refractivity contribution in [2.75, 3.05) is 18.5 Å². The zero-order valence-corrected chi connectivity index (χ0v) is 14.8. The van der Waals surface area contributed by atoms with Crippen molar-refractivity contribution in [3.63, 3.8) is 0 Å². The number of hydrogen-bond donors (Lipinski definition) is 3. The molecule has 2 atom stereocenters. The van der Waals surface area contributed by atoms with Gasteiger partial charge in [0.15, 0.2) is 0 Å². The molecular weight excluding hydrogens is 306 g/mol. The van der Waals surface area contributed by atoms with E-state index in [1.807, 2.05) is 32.9 Å². The Hall–Kier alpha value is -1.79. The summed E-state index contributed by atoms with van der Waals surface area (Å²) in [7, 11) is 0. The summed E-state index contributed by atoms with van der Waals surface area (Å²) >= 11 is 0. The zero-order chi connectivity index (χ0) is 17.6. The zero-order valence-electron chi connectivity index (χ0n) is 14.8. The molecule has 2 unspecified atom stereocenters. The Labute approximate surface area is 144 Å². The molecule has 0 saturated heterocycles. The van der Waals surface area contributed by atoms with Crippen molar-refractivity contribution in [3.05, 3.63) is 24.3 Å². The molecule has 1 aromatic rings. The molecule has 0 radical (unpaired) electrons. The molecule has 0 spiro atoms. The lowest BCUT2D eigenvalue weighted by molar-refractivity contribution is 0.0636. The third-order valence-corrected chi connectivity index (χ3v) is 3.76. The Bertz CT molecular complexity index is 543. The summed E-state index contributed by atoms with van der Waals surface area (Å²) in [6.45, 7) is 6.84. The van der Waals surface area contributed by atoms with Crippen molar-refractivity contribution in [1.82, 2.24) is 5.32 Å². The minimum absolute atomic E-state index is 0.332. The number of anilines is 1. The molecule has 4 N–H and O–H groups in total. The molecular formula is C18H29N3O3. The molecule has 2 rings (SSSR count). The Morgan fingerprint density at radius 3 is 2.79 bits per heavy atom. The van der Waals surface area contributed by atoms with Crippen LogP contribution in [0.1, 0.15) is 40.0 Å². The minimum atomic E-state index is -0.521. The number of ether oxygens (including phenoxy) is 2. The van der Waals surface area contributed by atoms with E-state index in [1.54, 1.807) is 12.1 Å². The second kappa shape index (κ2) is 8.35. The highest BCUT2D eigenvalue weighted by Crippen LogP contribution is 2.19. The SMILES string of the molecule is CC(C)(C)OC(=O)Nc1cccc(OCCNC2CCC(N)C2)c1. The maximum absolute atomic E-state index is 11.8. The normalized spacial score (nSPS) is 20.7. The van der Waals surface area contributed by atoms with E-state index in [0.29, 0.717) is 30.1 Å². The number of benzene rings is 1. The van der Waals surface area contributed by atoms with Gasteiger partial charge in [-0.05, 0) is 52.2 Å². The molecule has 1 aliphatic rings. The van der Waals surface area contributed by atoms with E-state index in [-0.39, 0.29) is 0 Å². The van der Waals surface area contributed by atoms with Crippen LogP contribution >= 0.6 is 0 Å². The topological polar surface area (TPSA) is 85.6 Å². The van der Waals surface area contributed by atoms with E-state index >= 15 is 0 Å². The van der Waals surface area contributed by atoms with Crippen LogP contribution in [-0.4, -0.2) is 36.9 Å². The van der Waals surface area contributed by atoms with Crippen molar-refractivity contribution in [2.24, 2.45) is 5.73 Å². The molecule has 1 aliphatic carbocycles. The molecule has 1 fully saturated rings. The predicted molar refractivity (Wildman–Crippen MR) is 95.4 cm³/mol. The molecule has 0 heterocycles. The van der Waals surface area contributed by atoms with E-state index in [9.17, 15) is 4.79 Å². The third kappa shape index (κ3) is 6.76. The molecule has 0 aromatic heterocycles. The van der Waals surface area contributed by atoms with Crippen LogP contribution in [0, 0.1) is 0 Å². The van der Waals surface area contributed by atoms with Crippen molar-refractivity contribution < 1.29 is 14.3 Å². The van der Waals surface area contributed by atoms with Crippen LogP contribution in [0.5, 0.6) is 5.75 Å². The lowest BCUT2D eigenvalue weighted by atomic mass is 10.2. The maximum Gasteiger partial charge on any atom is 0.412 e. The summed E-state index contributed by atoms with van der Waals surface area (Å²) in [6.07, 6.45) is 2.79. The molecule has 6 heteroatoms. The van der Waals surface area contributed by atoms with Crippen LogP contribution in [0.25, 0.3) is 0 Å². The van der Waals surface area contributed by atoms with Crippen molar-refractivity contribution >= 4 is 11.8 Å². The lowest BCUT2D eigenvalue weighted by Crippen LogP contribution is -2.31. The van der Waals surface area contributed by atoms with Gasteiger partial charge in [-0.2, -0.15) is 0 Å². The number of hydrogen-bond acceptors (Lipinski definition) is 5. The number of rotatable bonds is 6. The van der Waals surface area contributed by atoms with Crippen molar-refractivity contribution in [1.29, 1.82) is 0 Å². The van der Waals surface area contributed by atoms with Gasteiger partial charge in [-0.1, -0.05) is 6.07 Å². The van der Waals surface area contributed by atoms with E-state index in [2.05, 4.69) is 10.6 Å². The fraction of sp³-hybridized carbons (Fsp3) is 0.611. The Morgan fingerprint density at radius 1 is 1.33 bits per heavy atom. The van der Waals surface area contributed by atoms with Crippen molar-refractivity contribution in [2.45, 2.75) is 57.7 Å². The fourth-order valence-corrected chi connectivity index (χ4v) is 2.72. The first kappa shape index (κ1) is 18.5. The van der Waals surface area contributed by atoms with Gasteiger partial charge in [0.2, 0.25) is 0 Å². The van der Waals surface area contributed by atoms with Crippen LogP contribution in [0.2, 0.25) is 0 Å². The molecule has 24 heavy (non-hydrogen) atoms. The van der Waals surface area contributed by atoms with Gasteiger partial charge >= 0.3 is 6.09 Å². The number of nitrogens with one attached hydrogen (secondary N) is 2. The predicted octanol–water partition coefficient (Wildman–Crippen LogP) is 2.88. The third-order valence-electron chi connectivity index (χ3n) is 3.76. The van der Waals surface area contributed by atoms with Gasteiger partial charge in [0, 0.05) is 30.4 Å². The van der Waals surface area contributed by atoms with Gasteiger partial charge in [0.25, 0.3) is 0 Å². The Morgan fingerprint density at radius 2 is 2.12 bits per heavy atom. The monoisotopic (exact) mass is 335 g/mol. The number of nitrogens with two attached hydrogens (primary N) is 1. The van der Waals surface area contributed by atoms with Gasteiger partial charge in [-0.15, -0.1) is 0 Å². The Kier molecular flexibility index (Phi) is 6.45. The molecule has 0 aliphatic heterocycles. The van der Waals surface area contributed by atoms with E-state index < -0.39 is 11.7 Å². The van der Waals surface area contributed by atoms with E-state index in [0.717, 1.165) is 25.8 Å². The highest BCUT2D eigenvalue weighted by atomic mass is 16.6. The van der Waals surface area contributed by atoms with Crippen LogP contribution in [0.4, 0.5) is 10.5 Å². The first-order valence-corrected chi connectivity index (χ1v) is 8.54. The summed E-state index contributed by atoms with van der Waals surface area (Å²) < 4.78 is 11.0. The summed E-state index contributed by atoms with van der Waals surface area (Å²) in [5, 5.41) is 6.17. The summed E-state index contributed by atoms with van der Waals surface area (Å²) in [4.78, 5) is 11.8. The first-order valence-electron chi connectivity index (χ1n) is 8.54. The van der Waals surface area contributed by atoms with Crippen LogP contribution in [0.15, 0.2) is 24.3 Å². The summed E-state index contributed by atoms with van der Waals surface area (Å²) in [5.74, 6) is 0.716. The summed E-state index contributed by atoms with van der Waals surface area (Å²) in [5.41, 5.74) is 6.03. The highest BCUT2D eigenvalue weighted by Gasteiger charge is 2.20. The van der Waals surface area contributed by atoms with Crippen LogP contribution < -0.4 is 21.1 Å². The highest BCUT2D eigenvalue weighted by molar-refractivity contribution is 5.85. The molecule has 6 nitrogen and oxygen atoms in total. The average molecular weight is 335 g/mol. The quantitative estimate of drug-likeness (QED) is 0.696. The second-order valence-electron chi connectivity index (χ2n) is 7.23. The Balaban J connectivity index is 1.73. The molecule has 1 saturated carbocycles. The van der Waals surface area contributed by atoms with Gasteiger partial charge in [0.05, 0.1) is 0 Å². The van der Waals surface area contributed by atoms with Gasteiger partial charge in [0.1, 0.15) is 18.0 Å². The second-order valence-corrected chi connectivity index (χ2v) is 7.23. The van der Waals surface area contributed by atoms with Gasteiger partial charge in [-0.3, -0.25) is 5.32 Å². The number of amides is 1. The van der Waals surface area contributed by atoms with Crippen LogP contribution in [-0.2, 0) is 4.74 Å². The minimum Gasteiger partial charge on any atom is -0.492 e. The van der Waals surface area contributed by atoms with Crippen LogP contribution in [0.3, 0.4) is 0 Å². The standard InChI is InChI=1S/C18H29N3O3/c1-18(2,3)24-17(22)21-15-5-4-6-16(12-15)23-10-9-20-14-8-7-13(19)11-14/h4-6,12-14,20H,7-11,19H2,1-3H3,(H,21,22). The fourth-order valence-electron chi connectivity index (χ4n) is 2.72. The average Bonchev–Trinajstić information content (AvgIpc) is 2.87. The van der Waals surface area contributed by atoms with Crippen molar-refractivity contribution in [3.8, 4) is 5.75 Å². The lowest BCUT2D eigenvalue weighted by Gasteiger charge is -2.19. The smallest absolute Gasteiger partial charge is 0.412 e. The molecule has 1 aromatic carbocycles. The maximum atomic E-state index is 11.8. The molecule has 134 valence electrons. The molecule has 0 bridgehead atoms. The number of carbonyl (C=O) groups is 1. The van der Waals surface area contributed by atoms with E-state index in [1.165, 1.54) is 0 Å². The van der Waals surface area contributed by atoms with E-state index in [4.69, 9.17) is 15.2 Å². The number of carbonyl (C=O) groups excluding carboxylic acids is 1. The first-order chi connectivity index (χ1) is 11.3. The molecule has 1 amide bonds. The van der Waals surface area contributed by atoms with Gasteiger partial charge < -0.3 is 20.5 Å². The largest absolute Gasteiger partial charge is 0.492 e. The van der Waals surface area contributed by atoms with Gasteiger partial charge in [-0.25, -0.2) is 4.79 Å².